The Morgan fingerprint density at radius 1 is 1.13 bits per heavy atom. The molecule has 0 spiro atoms. The summed E-state index contributed by atoms with van der Waals surface area (Å²) in [6, 6.07) is 2.65. The number of benzene rings is 1. The number of halogens is 3. The Balaban J connectivity index is 2.85. The van der Waals surface area contributed by atoms with Gasteiger partial charge in [-0.2, -0.15) is 0 Å². The highest BCUT2D eigenvalue weighted by Gasteiger charge is 2.18. The summed E-state index contributed by atoms with van der Waals surface area (Å²) in [5, 5.41) is 18.9. The van der Waals surface area contributed by atoms with Gasteiger partial charge in [-0.05, 0) is 24.1 Å². The van der Waals surface area contributed by atoms with E-state index >= 15 is 0 Å². The number of hydrogen-bond acceptors (Lipinski definition) is 2. The zero-order valence-corrected chi connectivity index (χ0v) is 8.59. The van der Waals surface area contributed by atoms with E-state index in [2.05, 4.69) is 0 Å². The fraction of sp³-hybridized carbons (Fsp3) is 0.400. The molecule has 2 unspecified atom stereocenters. The first-order valence-electron chi connectivity index (χ1n) is 4.42. The standard InChI is InChI=1S/C10H11ClF2O2/c11-2-1-9(14)10(15)6-3-7(12)5-8(13)4-6/h3-5,9-10,14-15H,1-2H2. The molecule has 1 rings (SSSR count). The van der Waals surface area contributed by atoms with Gasteiger partial charge in [0.2, 0.25) is 0 Å². The molecule has 0 aliphatic carbocycles. The molecule has 15 heavy (non-hydrogen) atoms. The number of aliphatic hydroxyl groups excluding tert-OH is 2. The number of aliphatic hydroxyl groups is 2. The van der Waals surface area contributed by atoms with Crippen molar-refractivity contribution in [1.82, 2.24) is 0 Å². The molecule has 2 N–H and O–H groups in total. The van der Waals surface area contributed by atoms with E-state index in [0.29, 0.717) is 6.07 Å². The lowest BCUT2D eigenvalue weighted by atomic mass is 10.0. The SMILES string of the molecule is OC(CCCl)C(O)c1cc(F)cc(F)c1. The third-order valence-electron chi connectivity index (χ3n) is 2.00. The van der Waals surface area contributed by atoms with Crippen molar-refractivity contribution in [1.29, 1.82) is 0 Å². The van der Waals surface area contributed by atoms with E-state index in [1.54, 1.807) is 0 Å². The van der Waals surface area contributed by atoms with Crippen LogP contribution in [0.1, 0.15) is 18.1 Å². The van der Waals surface area contributed by atoms with Crippen LogP contribution in [0.4, 0.5) is 8.78 Å². The van der Waals surface area contributed by atoms with Crippen LogP contribution >= 0.6 is 11.6 Å². The summed E-state index contributed by atoms with van der Waals surface area (Å²) in [5.41, 5.74) is 0.00474. The second kappa shape index (κ2) is 5.39. The van der Waals surface area contributed by atoms with E-state index in [-0.39, 0.29) is 17.9 Å². The molecule has 0 aromatic heterocycles. The first-order chi connectivity index (χ1) is 7.04. The number of hydrogen-bond donors (Lipinski definition) is 2. The van der Waals surface area contributed by atoms with Crippen LogP contribution < -0.4 is 0 Å². The van der Waals surface area contributed by atoms with Crippen molar-refractivity contribution in [3.05, 3.63) is 35.4 Å². The Morgan fingerprint density at radius 2 is 1.67 bits per heavy atom. The van der Waals surface area contributed by atoms with Crippen molar-refractivity contribution in [2.45, 2.75) is 18.6 Å². The summed E-state index contributed by atoms with van der Waals surface area (Å²) in [4.78, 5) is 0. The fourth-order valence-electron chi connectivity index (χ4n) is 1.24. The van der Waals surface area contributed by atoms with Gasteiger partial charge in [0.25, 0.3) is 0 Å². The molecule has 0 fully saturated rings. The Kier molecular flexibility index (Phi) is 4.45. The predicted octanol–water partition coefficient (Wildman–Crippen LogP) is 1.99. The molecule has 0 bridgehead atoms. The van der Waals surface area contributed by atoms with Gasteiger partial charge in [-0.15, -0.1) is 11.6 Å². The molecule has 0 radical (unpaired) electrons. The first kappa shape index (κ1) is 12.4. The molecular weight excluding hydrogens is 226 g/mol. The Morgan fingerprint density at radius 3 is 2.13 bits per heavy atom. The Bertz CT molecular complexity index is 313. The maximum Gasteiger partial charge on any atom is 0.126 e. The van der Waals surface area contributed by atoms with Crippen LogP contribution in [0, 0.1) is 11.6 Å². The highest BCUT2D eigenvalue weighted by molar-refractivity contribution is 6.17. The molecular formula is C10H11ClF2O2. The second-order valence-electron chi connectivity index (χ2n) is 3.19. The summed E-state index contributed by atoms with van der Waals surface area (Å²) >= 11 is 5.37. The van der Waals surface area contributed by atoms with Gasteiger partial charge in [-0.3, -0.25) is 0 Å². The quantitative estimate of drug-likeness (QED) is 0.785. The van der Waals surface area contributed by atoms with Gasteiger partial charge in [-0.1, -0.05) is 0 Å². The lowest BCUT2D eigenvalue weighted by Crippen LogP contribution is -2.19. The van der Waals surface area contributed by atoms with Crippen molar-refractivity contribution < 1.29 is 19.0 Å². The molecule has 0 aliphatic rings. The van der Waals surface area contributed by atoms with E-state index in [0.717, 1.165) is 12.1 Å². The first-order valence-corrected chi connectivity index (χ1v) is 4.96. The third-order valence-corrected chi connectivity index (χ3v) is 2.21. The summed E-state index contributed by atoms with van der Waals surface area (Å²) < 4.78 is 25.6. The maximum atomic E-state index is 12.8. The Hall–Kier alpha value is -0.710. The minimum atomic E-state index is -1.33. The summed E-state index contributed by atoms with van der Waals surface area (Å²) in [7, 11) is 0. The molecule has 0 saturated heterocycles. The minimum Gasteiger partial charge on any atom is -0.390 e. The van der Waals surface area contributed by atoms with Crippen molar-refractivity contribution in [3.63, 3.8) is 0 Å². The van der Waals surface area contributed by atoms with Gasteiger partial charge < -0.3 is 10.2 Å². The molecule has 84 valence electrons. The summed E-state index contributed by atoms with van der Waals surface area (Å²) in [5.74, 6) is -1.42. The third kappa shape index (κ3) is 3.41. The lowest BCUT2D eigenvalue weighted by molar-refractivity contribution is 0.0167. The molecule has 0 saturated carbocycles. The highest BCUT2D eigenvalue weighted by atomic mass is 35.5. The topological polar surface area (TPSA) is 40.5 Å². The van der Waals surface area contributed by atoms with E-state index in [9.17, 15) is 19.0 Å². The zero-order valence-electron chi connectivity index (χ0n) is 7.83. The van der Waals surface area contributed by atoms with Crippen LogP contribution in [0.25, 0.3) is 0 Å². The average Bonchev–Trinajstić information content (AvgIpc) is 2.15. The minimum absolute atomic E-state index is 0.00474. The molecule has 0 heterocycles. The largest absolute Gasteiger partial charge is 0.390 e. The van der Waals surface area contributed by atoms with Crippen molar-refractivity contribution in [3.8, 4) is 0 Å². The summed E-state index contributed by atoms with van der Waals surface area (Å²) in [6.07, 6.45) is -2.29. The van der Waals surface area contributed by atoms with E-state index in [4.69, 9.17) is 11.6 Å². The molecule has 0 amide bonds. The molecule has 2 nitrogen and oxygen atoms in total. The van der Waals surface area contributed by atoms with E-state index in [1.807, 2.05) is 0 Å². The van der Waals surface area contributed by atoms with Crippen LogP contribution in [-0.2, 0) is 0 Å². The second-order valence-corrected chi connectivity index (χ2v) is 3.57. The fourth-order valence-corrected chi connectivity index (χ4v) is 1.46. The monoisotopic (exact) mass is 236 g/mol. The normalized spacial score (nSPS) is 15.0. The zero-order chi connectivity index (χ0) is 11.4. The van der Waals surface area contributed by atoms with Gasteiger partial charge >= 0.3 is 0 Å². The van der Waals surface area contributed by atoms with Gasteiger partial charge in [0.1, 0.15) is 17.7 Å². The van der Waals surface area contributed by atoms with Crippen molar-refractivity contribution in [2.24, 2.45) is 0 Å². The van der Waals surface area contributed by atoms with Crippen LogP contribution in [0.3, 0.4) is 0 Å². The predicted molar refractivity (Wildman–Crippen MR) is 52.7 cm³/mol. The lowest BCUT2D eigenvalue weighted by Gasteiger charge is -2.17. The van der Waals surface area contributed by atoms with Crippen molar-refractivity contribution in [2.75, 3.05) is 5.88 Å². The Labute approximate surface area is 91.1 Å². The molecule has 1 aromatic carbocycles. The van der Waals surface area contributed by atoms with Crippen LogP contribution in [0.5, 0.6) is 0 Å². The smallest absolute Gasteiger partial charge is 0.126 e. The van der Waals surface area contributed by atoms with Crippen molar-refractivity contribution >= 4 is 11.6 Å². The molecule has 2 atom stereocenters. The number of alkyl halides is 1. The average molecular weight is 237 g/mol. The van der Waals surface area contributed by atoms with E-state index < -0.39 is 23.8 Å². The van der Waals surface area contributed by atoms with Crippen LogP contribution in [0.2, 0.25) is 0 Å². The molecule has 1 aromatic rings. The van der Waals surface area contributed by atoms with Gasteiger partial charge in [0.15, 0.2) is 0 Å². The van der Waals surface area contributed by atoms with Gasteiger partial charge in [0.05, 0.1) is 6.10 Å². The molecule has 5 heteroatoms. The summed E-state index contributed by atoms with van der Waals surface area (Å²) in [6.45, 7) is 0. The molecule has 0 aliphatic heterocycles. The van der Waals surface area contributed by atoms with Gasteiger partial charge in [-0.25, -0.2) is 8.78 Å². The van der Waals surface area contributed by atoms with Gasteiger partial charge in [0, 0.05) is 11.9 Å². The van der Waals surface area contributed by atoms with Crippen LogP contribution in [0.15, 0.2) is 18.2 Å². The number of rotatable bonds is 4. The van der Waals surface area contributed by atoms with Crippen LogP contribution in [-0.4, -0.2) is 22.2 Å². The highest BCUT2D eigenvalue weighted by Crippen LogP contribution is 2.21. The maximum absolute atomic E-state index is 12.8. The van der Waals surface area contributed by atoms with E-state index in [1.165, 1.54) is 0 Å².